The smallest absolute Gasteiger partial charge is 0.268 e. The van der Waals surface area contributed by atoms with Crippen molar-refractivity contribution in [2.75, 3.05) is 13.2 Å². The van der Waals surface area contributed by atoms with E-state index in [1.807, 2.05) is 52.0 Å². The summed E-state index contributed by atoms with van der Waals surface area (Å²) in [5.74, 6) is -1.26. The molecule has 39 heavy (non-hydrogen) atoms. The minimum absolute atomic E-state index is 0.0273. The second-order valence-electron chi connectivity index (χ2n) is 13.3. The molecule has 0 radical (unpaired) electrons. The Bertz CT molecular complexity index is 1330. The summed E-state index contributed by atoms with van der Waals surface area (Å²) in [4.78, 5) is 58.3. The first kappa shape index (κ1) is 27.4. The SMILES string of the molecule is Cc1cccc2[nH]c(C(=O)N[C@H](C(=O)N3C[C@H]4[C@@H]([C@H]3C(=O)N[C@H](C(=O)CO)C(C)(C)C)C4(C)C)C3CC3)cc12. The summed E-state index contributed by atoms with van der Waals surface area (Å²) in [7, 11) is 0. The Morgan fingerprint density at radius 1 is 1.15 bits per heavy atom. The van der Waals surface area contributed by atoms with Crippen molar-refractivity contribution in [3.05, 3.63) is 35.5 Å². The predicted molar refractivity (Wildman–Crippen MR) is 147 cm³/mol. The first-order valence-corrected chi connectivity index (χ1v) is 13.9. The first-order chi connectivity index (χ1) is 18.3. The summed E-state index contributed by atoms with van der Waals surface area (Å²) in [5, 5.41) is 16.3. The number of H-pyrrole nitrogens is 1. The van der Waals surface area contributed by atoms with E-state index in [0.29, 0.717) is 12.2 Å². The van der Waals surface area contributed by atoms with Gasteiger partial charge in [0.1, 0.15) is 24.4 Å². The Kier molecular flexibility index (Phi) is 6.64. The van der Waals surface area contributed by atoms with Crippen molar-refractivity contribution in [2.24, 2.45) is 28.6 Å². The van der Waals surface area contributed by atoms with E-state index in [1.54, 1.807) is 4.90 Å². The number of hydrogen-bond acceptors (Lipinski definition) is 5. The van der Waals surface area contributed by atoms with E-state index < -0.39 is 35.9 Å². The number of rotatable bonds is 8. The summed E-state index contributed by atoms with van der Waals surface area (Å²) >= 11 is 0. The van der Waals surface area contributed by atoms with E-state index in [0.717, 1.165) is 29.3 Å². The first-order valence-electron chi connectivity index (χ1n) is 13.9. The average Bonchev–Trinajstić information content (AvgIpc) is 3.64. The topological polar surface area (TPSA) is 132 Å². The molecule has 3 amide bonds. The number of hydrogen-bond donors (Lipinski definition) is 4. The summed E-state index contributed by atoms with van der Waals surface area (Å²) in [6, 6.07) is 5.30. The van der Waals surface area contributed by atoms with E-state index in [1.165, 1.54) is 0 Å². The highest BCUT2D eigenvalue weighted by molar-refractivity contribution is 6.02. The number of aliphatic hydroxyl groups excluding tert-OH is 1. The second kappa shape index (κ2) is 9.47. The van der Waals surface area contributed by atoms with Crippen molar-refractivity contribution in [3.8, 4) is 0 Å². The number of carbonyl (C=O) groups excluding carboxylic acids is 4. The molecule has 9 heteroatoms. The highest BCUT2D eigenvalue weighted by Gasteiger charge is 2.70. The molecule has 5 atom stereocenters. The number of carbonyl (C=O) groups is 4. The van der Waals surface area contributed by atoms with Crippen LogP contribution in [-0.2, 0) is 14.4 Å². The van der Waals surface area contributed by atoms with Crippen LogP contribution in [-0.4, -0.2) is 69.8 Å². The van der Waals surface area contributed by atoms with Gasteiger partial charge >= 0.3 is 0 Å². The van der Waals surface area contributed by atoms with E-state index in [9.17, 15) is 24.3 Å². The minimum Gasteiger partial charge on any atom is -0.389 e. The zero-order chi connectivity index (χ0) is 28.4. The third kappa shape index (κ3) is 4.86. The molecule has 2 aliphatic carbocycles. The number of fused-ring (bicyclic) bond motifs is 2. The molecule has 0 unspecified atom stereocenters. The summed E-state index contributed by atoms with van der Waals surface area (Å²) in [6.45, 7) is 11.4. The number of nitrogens with one attached hydrogen (secondary N) is 3. The highest BCUT2D eigenvalue weighted by Crippen LogP contribution is 2.65. The molecule has 2 aromatic rings. The molecule has 4 N–H and O–H groups in total. The van der Waals surface area contributed by atoms with Crippen LogP contribution in [0.1, 0.15) is 63.5 Å². The van der Waals surface area contributed by atoms with Gasteiger partial charge in [-0.2, -0.15) is 0 Å². The van der Waals surface area contributed by atoms with Crippen LogP contribution >= 0.6 is 0 Å². The summed E-state index contributed by atoms with van der Waals surface area (Å²) in [6.07, 6.45) is 1.67. The van der Waals surface area contributed by atoms with E-state index in [4.69, 9.17) is 0 Å². The molecule has 5 rings (SSSR count). The largest absolute Gasteiger partial charge is 0.389 e. The fraction of sp³-hybridized carbons (Fsp3) is 0.600. The van der Waals surface area contributed by atoms with Crippen LogP contribution in [0.15, 0.2) is 24.3 Å². The van der Waals surface area contributed by atoms with Crippen LogP contribution < -0.4 is 10.6 Å². The maximum Gasteiger partial charge on any atom is 0.268 e. The Hall–Kier alpha value is -3.20. The van der Waals surface area contributed by atoms with Gasteiger partial charge in [-0.1, -0.05) is 46.8 Å². The van der Waals surface area contributed by atoms with Gasteiger partial charge in [-0.15, -0.1) is 0 Å². The van der Waals surface area contributed by atoms with Gasteiger partial charge in [-0.05, 0) is 66.0 Å². The van der Waals surface area contributed by atoms with Gasteiger partial charge in [0, 0.05) is 17.4 Å². The molecular formula is C30H40N4O5. The second-order valence-corrected chi connectivity index (χ2v) is 13.3. The Labute approximate surface area is 229 Å². The molecule has 1 aromatic heterocycles. The molecule has 2 saturated carbocycles. The number of aromatic amines is 1. The van der Waals surface area contributed by atoms with Crippen LogP contribution in [0, 0.1) is 35.5 Å². The lowest BCUT2D eigenvalue weighted by atomic mass is 9.84. The predicted octanol–water partition coefficient (Wildman–Crippen LogP) is 2.56. The molecule has 0 spiro atoms. The van der Waals surface area contributed by atoms with Crippen LogP contribution in [0.2, 0.25) is 0 Å². The van der Waals surface area contributed by atoms with Gasteiger partial charge in [0.05, 0.1) is 6.04 Å². The number of ketones is 1. The Balaban J connectivity index is 1.37. The van der Waals surface area contributed by atoms with Crippen molar-refractivity contribution in [2.45, 2.75) is 72.5 Å². The van der Waals surface area contributed by atoms with Crippen molar-refractivity contribution < 1.29 is 24.3 Å². The fourth-order valence-corrected chi connectivity index (χ4v) is 6.55. The molecule has 1 saturated heterocycles. The molecule has 3 aliphatic rings. The van der Waals surface area contributed by atoms with Gasteiger partial charge in [0.25, 0.3) is 5.91 Å². The number of benzene rings is 1. The Morgan fingerprint density at radius 3 is 2.44 bits per heavy atom. The van der Waals surface area contributed by atoms with E-state index >= 15 is 0 Å². The molecule has 0 bridgehead atoms. The molecular weight excluding hydrogens is 496 g/mol. The average molecular weight is 537 g/mol. The molecule has 2 heterocycles. The maximum atomic E-state index is 14.0. The fourth-order valence-electron chi connectivity index (χ4n) is 6.55. The van der Waals surface area contributed by atoms with Gasteiger partial charge < -0.3 is 25.6 Å². The number of piperidine rings is 1. The van der Waals surface area contributed by atoms with Crippen molar-refractivity contribution in [1.82, 2.24) is 20.5 Å². The van der Waals surface area contributed by atoms with Crippen LogP contribution in [0.25, 0.3) is 10.9 Å². The zero-order valence-corrected chi connectivity index (χ0v) is 23.6. The standard InChI is InChI=1S/C30H40N4O5/c1-15-8-7-9-19-17(15)12-20(31-19)26(37)32-23(16-10-11-16)28(39)34-13-18-22(30(18,5)6)24(34)27(38)33-25(21(36)14-35)29(2,3)4/h7-9,12,16,18,22-25,31,35H,10-11,13-14H2,1-6H3,(H,32,37)(H,33,38)/t18-,22-,23-,24-,25+/m0/s1. The number of aromatic nitrogens is 1. The van der Waals surface area contributed by atoms with Crippen LogP contribution in [0.3, 0.4) is 0 Å². The quantitative estimate of drug-likeness (QED) is 0.412. The summed E-state index contributed by atoms with van der Waals surface area (Å²) < 4.78 is 0. The zero-order valence-electron chi connectivity index (χ0n) is 23.6. The van der Waals surface area contributed by atoms with E-state index in [-0.39, 0.29) is 40.9 Å². The molecule has 3 fully saturated rings. The monoisotopic (exact) mass is 536 g/mol. The number of aliphatic hydroxyl groups is 1. The number of amides is 3. The van der Waals surface area contributed by atoms with Gasteiger partial charge in [0.2, 0.25) is 11.8 Å². The molecule has 1 aromatic carbocycles. The van der Waals surface area contributed by atoms with Crippen molar-refractivity contribution in [3.63, 3.8) is 0 Å². The Morgan fingerprint density at radius 2 is 1.85 bits per heavy atom. The van der Waals surface area contributed by atoms with Crippen molar-refractivity contribution >= 4 is 34.4 Å². The number of nitrogens with zero attached hydrogens (tertiary/aromatic N) is 1. The lowest BCUT2D eigenvalue weighted by Crippen LogP contribution is -2.59. The van der Waals surface area contributed by atoms with Gasteiger partial charge in [0.15, 0.2) is 5.78 Å². The number of Topliss-reactive ketones (excluding diaryl/α,β-unsaturated/α-hetero) is 1. The van der Waals surface area contributed by atoms with Crippen LogP contribution in [0.5, 0.6) is 0 Å². The highest BCUT2D eigenvalue weighted by atomic mass is 16.3. The van der Waals surface area contributed by atoms with Crippen molar-refractivity contribution in [1.29, 1.82) is 0 Å². The molecule has 1 aliphatic heterocycles. The molecule has 9 nitrogen and oxygen atoms in total. The third-order valence-electron chi connectivity index (χ3n) is 9.16. The molecule has 210 valence electrons. The lowest BCUT2D eigenvalue weighted by molar-refractivity contribution is -0.143. The van der Waals surface area contributed by atoms with Gasteiger partial charge in [-0.25, -0.2) is 0 Å². The van der Waals surface area contributed by atoms with Gasteiger partial charge in [-0.3, -0.25) is 19.2 Å². The third-order valence-corrected chi connectivity index (χ3v) is 9.16. The van der Waals surface area contributed by atoms with Crippen LogP contribution in [0.4, 0.5) is 0 Å². The lowest BCUT2D eigenvalue weighted by Gasteiger charge is -2.36. The minimum atomic E-state index is -0.878. The number of likely N-dealkylation sites (tertiary alicyclic amines) is 1. The summed E-state index contributed by atoms with van der Waals surface area (Å²) in [5.41, 5.74) is 1.60. The van der Waals surface area contributed by atoms with E-state index in [2.05, 4.69) is 29.5 Å². The maximum absolute atomic E-state index is 14.0. The number of aryl methyl sites for hydroxylation is 1. The normalized spacial score (nSPS) is 25.1.